The number of nitrogens with zero attached hydrogens (tertiary/aromatic N) is 4. The monoisotopic (exact) mass is 693 g/mol. The van der Waals surface area contributed by atoms with Crippen LogP contribution in [0.15, 0.2) is 44.5 Å². The second kappa shape index (κ2) is 13.3. The zero-order valence-corrected chi connectivity index (χ0v) is 26.0. The molecule has 19 nitrogen and oxygen atoms in total. The summed E-state index contributed by atoms with van der Waals surface area (Å²) in [5.41, 5.74) is -2.76. The lowest BCUT2D eigenvalue weighted by molar-refractivity contribution is -0.143. The molecule has 3 heterocycles. The van der Waals surface area contributed by atoms with E-state index in [-0.39, 0.29) is 45.2 Å². The maximum atomic E-state index is 13.9. The zero-order chi connectivity index (χ0) is 36.6. The molecule has 0 radical (unpaired) electrons. The van der Waals surface area contributed by atoms with Crippen LogP contribution in [0.4, 0.5) is 0 Å². The number of carboxylic acid groups (broad SMARTS) is 2. The molecule has 0 bridgehead atoms. The van der Waals surface area contributed by atoms with Crippen molar-refractivity contribution in [2.75, 3.05) is 0 Å². The number of aliphatic carboxylic acids is 2. The highest BCUT2D eigenvalue weighted by molar-refractivity contribution is 6.00. The number of carboxylic acids is 2. The molecule has 2 aromatic carbocycles. The average Bonchev–Trinajstić information content (AvgIpc) is 3.50. The zero-order valence-electron chi connectivity index (χ0n) is 26.0. The maximum absolute atomic E-state index is 13.9. The Labute approximate surface area is 277 Å². The lowest BCUT2D eigenvalue weighted by Crippen LogP contribution is -2.42. The third-order valence-corrected chi connectivity index (χ3v) is 7.74. The first-order valence-corrected chi connectivity index (χ1v) is 14.5. The molecule has 0 saturated heterocycles. The van der Waals surface area contributed by atoms with Crippen LogP contribution in [0.2, 0.25) is 0 Å². The Hall–Kier alpha value is -6.92. The summed E-state index contributed by atoms with van der Waals surface area (Å²) in [6.45, 7) is 0.308. The van der Waals surface area contributed by atoms with Gasteiger partial charge in [0.05, 0.1) is 33.6 Å². The summed E-state index contributed by atoms with van der Waals surface area (Å²) < 4.78 is 13.4. The number of aromatic hydroxyl groups is 4. The van der Waals surface area contributed by atoms with E-state index in [4.69, 9.17) is 14.3 Å². The molecule has 1 atom stereocenters. The van der Waals surface area contributed by atoms with Crippen molar-refractivity contribution in [2.24, 2.45) is 7.05 Å². The van der Waals surface area contributed by atoms with Crippen LogP contribution in [0.5, 0.6) is 23.0 Å². The molecular weight excluding hydrogens is 666 g/mol. The van der Waals surface area contributed by atoms with E-state index in [2.05, 4.69) is 15.6 Å². The highest BCUT2D eigenvalue weighted by Gasteiger charge is 2.29. The summed E-state index contributed by atoms with van der Waals surface area (Å²) in [4.78, 5) is 75.8. The Morgan fingerprint density at radius 1 is 0.920 bits per heavy atom. The Kier molecular flexibility index (Phi) is 9.15. The SMILES string of the molecule is Cc1c(-c2c(C(=O)OCc3cn(CC(=O)NC(CCC(=O)O)C(=O)O)nn3)oc3cc(O)c(O)cc3c2=O)c(=O)c2cc(O)c(O)cc2n1C. The third kappa shape index (κ3) is 6.59. The second-order valence-electron chi connectivity index (χ2n) is 11.1. The van der Waals surface area contributed by atoms with Crippen LogP contribution in [0.1, 0.15) is 34.8 Å². The van der Waals surface area contributed by atoms with Crippen LogP contribution < -0.4 is 16.2 Å². The topological polar surface area (TPSA) is 294 Å². The number of carbonyl (C=O) groups is 4. The molecule has 0 saturated carbocycles. The summed E-state index contributed by atoms with van der Waals surface area (Å²) in [5.74, 6) is -8.08. The molecule has 1 amide bonds. The van der Waals surface area contributed by atoms with Crippen LogP contribution >= 0.6 is 0 Å². The number of aromatic nitrogens is 4. The van der Waals surface area contributed by atoms with Crippen LogP contribution in [-0.4, -0.2) is 80.1 Å². The minimum Gasteiger partial charge on any atom is -0.504 e. The molecule has 5 rings (SSSR count). The van der Waals surface area contributed by atoms with E-state index in [0.717, 1.165) is 28.9 Å². The standard InChI is InChI=1S/C31H27N5O14/c1-12-25(27(44)14-5-18(37)20(39)7-17(14)35(12)2)26-28(45)15-6-19(38)21(40)8-22(15)50-29(26)31(48)49-11-13-9-36(34-33-13)10-23(41)32-16(30(46)47)3-4-24(42)43/h5-9,16,37-40H,3-4,10-11H2,1-2H3,(H,32,41)(H,42,43)(H,46,47). The van der Waals surface area contributed by atoms with Gasteiger partial charge in [-0.05, 0) is 25.5 Å². The summed E-state index contributed by atoms with van der Waals surface area (Å²) in [6.07, 6.45) is 0.324. The first kappa shape index (κ1) is 34.4. The molecule has 19 heteroatoms. The second-order valence-corrected chi connectivity index (χ2v) is 11.1. The fourth-order valence-electron chi connectivity index (χ4n) is 5.16. The van der Waals surface area contributed by atoms with Gasteiger partial charge in [-0.2, -0.15) is 0 Å². The molecule has 50 heavy (non-hydrogen) atoms. The molecule has 1 unspecified atom stereocenters. The van der Waals surface area contributed by atoms with Crippen LogP contribution in [0, 0.1) is 6.92 Å². The van der Waals surface area contributed by atoms with Gasteiger partial charge < -0.3 is 49.7 Å². The molecule has 0 spiro atoms. The van der Waals surface area contributed by atoms with Crippen molar-refractivity contribution in [3.63, 3.8) is 0 Å². The number of ether oxygens (including phenoxy) is 1. The lowest BCUT2D eigenvalue weighted by atomic mass is 9.97. The summed E-state index contributed by atoms with van der Waals surface area (Å²) in [6, 6.07) is 2.43. The molecule has 3 aromatic heterocycles. The minimum atomic E-state index is -1.47. The van der Waals surface area contributed by atoms with E-state index in [1.54, 1.807) is 0 Å². The number of amides is 1. The highest BCUT2D eigenvalue weighted by Crippen LogP contribution is 2.35. The minimum absolute atomic E-state index is 0.0212. The van der Waals surface area contributed by atoms with Crippen LogP contribution in [0.3, 0.4) is 0 Å². The van der Waals surface area contributed by atoms with Gasteiger partial charge in [-0.1, -0.05) is 5.21 Å². The number of pyridine rings is 1. The van der Waals surface area contributed by atoms with E-state index in [1.165, 1.54) is 24.7 Å². The van der Waals surface area contributed by atoms with Gasteiger partial charge in [-0.3, -0.25) is 19.2 Å². The van der Waals surface area contributed by atoms with Crippen molar-refractivity contribution in [3.05, 3.63) is 68.1 Å². The van der Waals surface area contributed by atoms with Gasteiger partial charge in [0, 0.05) is 31.3 Å². The lowest BCUT2D eigenvalue weighted by Gasteiger charge is -2.16. The molecule has 5 aromatic rings. The number of phenols is 4. The molecule has 0 aliphatic heterocycles. The van der Waals surface area contributed by atoms with Crippen molar-refractivity contribution in [1.29, 1.82) is 0 Å². The predicted molar refractivity (Wildman–Crippen MR) is 168 cm³/mol. The van der Waals surface area contributed by atoms with Crippen molar-refractivity contribution < 1.29 is 59.0 Å². The van der Waals surface area contributed by atoms with Gasteiger partial charge >= 0.3 is 17.9 Å². The fourth-order valence-corrected chi connectivity index (χ4v) is 5.16. The Balaban J connectivity index is 1.49. The largest absolute Gasteiger partial charge is 0.504 e. The van der Waals surface area contributed by atoms with Crippen LogP contribution in [0.25, 0.3) is 33.0 Å². The number of fused-ring (bicyclic) bond motifs is 2. The van der Waals surface area contributed by atoms with Gasteiger partial charge in [0.1, 0.15) is 30.5 Å². The smallest absolute Gasteiger partial charge is 0.375 e. The first-order valence-electron chi connectivity index (χ1n) is 14.5. The normalized spacial score (nSPS) is 11.8. The number of hydrogen-bond acceptors (Lipinski definition) is 14. The van der Waals surface area contributed by atoms with Gasteiger partial charge in [-0.15, -0.1) is 5.10 Å². The van der Waals surface area contributed by atoms with Crippen molar-refractivity contribution in [2.45, 2.75) is 39.0 Å². The summed E-state index contributed by atoms with van der Waals surface area (Å²) in [5, 5.41) is 67.5. The van der Waals surface area contributed by atoms with Gasteiger partial charge in [0.2, 0.25) is 17.1 Å². The van der Waals surface area contributed by atoms with Crippen molar-refractivity contribution >= 4 is 45.7 Å². The van der Waals surface area contributed by atoms with E-state index >= 15 is 0 Å². The number of hydrogen-bond donors (Lipinski definition) is 7. The first-order chi connectivity index (χ1) is 23.6. The number of aryl methyl sites for hydroxylation is 1. The van der Waals surface area contributed by atoms with Gasteiger partial charge in [-0.25, -0.2) is 14.3 Å². The molecule has 0 aliphatic carbocycles. The molecular formula is C31H27N5O14. The number of phenolic OH excluding ortho intramolecular Hbond substituents is 4. The Morgan fingerprint density at radius 3 is 2.20 bits per heavy atom. The van der Waals surface area contributed by atoms with Crippen molar-refractivity contribution in [1.82, 2.24) is 24.9 Å². The predicted octanol–water partition coefficient (Wildman–Crippen LogP) is 0.825. The van der Waals surface area contributed by atoms with Gasteiger partial charge in [0.15, 0.2) is 28.4 Å². The number of benzene rings is 2. The Bertz CT molecular complexity index is 2360. The van der Waals surface area contributed by atoms with E-state index in [0.29, 0.717) is 0 Å². The number of nitrogens with one attached hydrogen (secondary N) is 1. The molecule has 7 N–H and O–H groups in total. The fraction of sp³-hybridized carbons (Fsp3) is 0.226. The summed E-state index contributed by atoms with van der Waals surface area (Å²) >= 11 is 0. The highest BCUT2D eigenvalue weighted by atomic mass is 16.5. The third-order valence-electron chi connectivity index (χ3n) is 7.74. The molecule has 0 aliphatic rings. The quantitative estimate of drug-likeness (QED) is 0.0744. The van der Waals surface area contributed by atoms with Crippen LogP contribution in [-0.2, 0) is 39.3 Å². The number of carbonyl (C=O) groups excluding carboxylic acids is 2. The Morgan fingerprint density at radius 2 is 1.54 bits per heavy atom. The number of rotatable bonds is 11. The van der Waals surface area contributed by atoms with E-state index in [1.807, 2.05) is 0 Å². The van der Waals surface area contributed by atoms with Crippen molar-refractivity contribution in [3.8, 4) is 34.1 Å². The summed E-state index contributed by atoms with van der Waals surface area (Å²) in [7, 11) is 1.50. The molecule has 260 valence electrons. The van der Waals surface area contributed by atoms with E-state index < -0.39 is 94.6 Å². The maximum Gasteiger partial charge on any atom is 0.375 e. The average molecular weight is 694 g/mol. The van der Waals surface area contributed by atoms with Gasteiger partial charge in [0.25, 0.3) is 0 Å². The number of esters is 1. The molecule has 0 fully saturated rings. The van der Waals surface area contributed by atoms with E-state index in [9.17, 15) is 54.3 Å².